The molecule has 1 saturated heterocycles. The third-order valence-corrected chi connectivity index (χ3v) is 5.39. The maximum atomic E-state index is 13.6. The van der Waals surface area contributed by atoms with Crippen molar-refractivity contribution in [3.8, 4) is 5.69 Å². The van der Waals surface area contributed by atoms with Gasteiger partial charge in [0.25, 0.3) is 5.91 Å². The fourth-order valence-corrected chi connectivity index (χ4v) is 3.97. The van der Waals surface area contributed by atoms with Crippen molar-refractivity contribution in [1.29, 1.82) is 0 Å². The number of carbonyl (C=O) groups excluding carboxylic acids is 2. The molecule has 0 aliphatic carbocycles. The molecule has 0 spiro atoms. The molecule has 0 bridgehead atoms. The summed E-state index contributed by atoms with van der Waals surface area (Å²) < 4.78 is 20.2. The highest BCUT2D eigenvalue weighted by molar-refractivity contribution is 5.98. The Morgan fingerprint density at radius 2 is 2.03 bits per heavy atom. The highest BCUT2D eigenvalue weighted by atomic mass is 19.1. The maximum absolute atomic E-state index is 13.6. The smallest absolute Gasteiger partial charge is 0.323 e. The lowest BCUT2D eigenvalue weighted by atomic mass is 10.1. The minimum Gasteiger partial charge on any atom is -0.468 e. The Kier molecular flexibility index (Phi) is 6.08. The van der Waals surface area contributed by atoms with E-state index in [1.54, 1.807) is 41.3 Å². The third-order valence-electron chi connectivity index (χ3n) is 5.39. The van der Waals surface area contributed by atoms with Crippen molar-refractivity contribution in [3.05, 3.63) is 83.9 Å². The number of nitrogens with one attached hydrogen (secondary N) is 1. The van der Waals surface area contributed by atoms with Crippen molar-refractivity contribution in [2.75, 3.05) is 13.7 Å². The average Bonchev–Trinajstić information content (AvgIpc) is 3.43. The van der Waals surface area contributed by atoms with Gasteiger partial charge in [0.15, 0.2) is 0 Å². The fraction of sp³-hybridized carbons (Fsp3) is 0.261. The molecule has 1 amide bonds. The van der Waals surface area contributed by atoms with Crippen LogP contribution in [0.1, 0.15) is 22.3 Å². The molecule has 2 aromatic carbocycles. The molecule has 2 atom stereocenters. The first-order valence-corrected chi connectivity index (χ1v) is 10.0. The zero-order chi connectivity index (χ0) is 21.8. The second-order valence-corrected chi connectivity index (χ2v) is 7.47. The van der Waals surface area contributed by atoms with Gasteiger partial charge in [-0.25, -0.2) is 9.07 Å². The van der Waals surface area contributed by atoms with Crippen LogP contribution >= 0.6 is 0 Å². The number of nitrogens with zero attached hydrogens (tertiary/aromatic N) is 3. The number of hydrogen-bond donors (Lipinski definition) is 1. The molecule has 1 aliphatic rings. The number of ether oxygens (including phenoxy) is 1. The first kappa shape index (κ1) is 20.7. The summed E-state index contributed by atoms with van der Waals surface area (Å²) in [6, 6.07) is 14.5. The van der Waals surface area contributed by atoms with E-state index in [2.05, 4.69) is 10.4 Å². The number of methoxy groups -OCH3 is 1. The van der Waals surface area contributed by atoms with Gasteiger partial charge in [-0.1, -0.05) is 24.3 Å². The molecular weight excluding hydrogens is 399 g/mol. The maximum Gasteiger partial charge on any atom is 0.323 e. The molecule has 2 heterocycles. The first-order valence-electron chi connectivity index (χ1n) is 10.0. The SMILES string of the molecule is COC(=O)[C@@H]1C[C@H](NC(=O)c2ccccc2-n2cccn2)CN1Cc1cccc(F)c1. The Morgan fingerprint density at radius 3 is 2.77 bits per heavy atom. The molecule has 160 valence electrons. The number of likely N-dealkylation sites (tertiary alicyclic amines) is 1. The molecule has 1 N–H and O–H groups in total. The molecule has 31 heavy (non-hydrogen) atoms. The van der Waals surface area contributed by atoms with E-state index in [9.17, 15) is 14.0 Å². The Hall–Kier alpha value is -3.52. The second kappa shape index (κ2) is 9.09. The molecule has 4 rings (SSSR count). The number of halogens is 1. The van der Waals surface area contributed by atoms with Gasteiger partial charge >= 0.3 is 5.97 Å². The molecule has 1 fully saturated rings. The van der Waals surface area contributed by atoms with Crippen LogP contribution < -0.4 is 5.32 Å². The van der Waals surface area contributed by atoms with Gasteiger partial charge in [-0.05, 0) is 42.3 Å². The lowest BCUT2D eigenvalue weighted by molar-refractivity contribution is -0.146. The highest BCUT2D eigenvalue weighted by Gasteiger charge is 2.38. The van der Waals surface area contributed by atoms with Crippen molar-refractivity contribution in [3.63, 3.8) is 0 Å². The topological polar surface area (TPSA) is 76.5 Å². The van der Waals surface area contributed by atoms with E-state index in [1.165, 1.54) is 19.2 Å². The Bertz CT molecular complexity index is 1070. The van der Waals surface area contributed by atoms with E-state index in [4.69, 9.17) is 4.74 Å². The van der Waals surface area contributed by atoms with Crippen LogP contribution in [-0.4, -0.2) is 52.3 Å². The summed E-state index contributed by atoms with van der Waals surface area (Å²) in [5.41, 5.74) is 1.92. The second-order valence-electron chi connectivity index (χ2n) is 7.47. The van der Waals surface area contributed by atoms with Crippen molar-refractivity contribution in [2.24, 2.45) is 0 Å². The Balaban J connectivity index is 1.50. The number of benzene rings is 2. The summed E-state index contributed by atoms with van der Waals surface area (Å²) in [7, 11) is 1.34. The largest absolute Gasteiger partial charge is 0.468 e. The molecule has 0 radical (unpaired) electrons. The van der Waals surface area contributed by atoms with Crippen LogP contribution in [0, 0.1) is 5.82 Å². The number of para-hydroxylation sites is 1. The molecule has 8 heteroatoms. The predicted octanol–water partition coefficient (Wildman–Crippen LogP) is 2.56. The number of esters is 1. The molecule has 1 aliphatic heterocycles. The van der Waals surface area contributed by atoms with E-state index in [1.807, 2.05) is 23.1 Å². The number of amides is 1. The summed E-state index contributed by atoms with van der Waals surface area (Å²) in [5.74, 6) is -0.941. The normalized spacial score (nSPS) is 18.6. The molecule has 7 nitrogen and oxygen atoms in total. The molecular formula is C23H23FN4O3. The number of aromatic nitrogens is 2. The summed E-state index contributed by atoms with van der Waals surface area (Å²) in [4.78, 5) is 27.3. The Labute approximate surface area is 179 Å². The van der Waals surface area contributed by atoms with E-state index in [0.29, 0.717) is 30.8 Å². The minimum atomic E-state index is -0.514. The van der Waals surface area contributed by atoms with Gasteiger partial charge in [-0.3, -0.25) is 14.5 Å². The van der Waals surface area contributed by atoms with E-state index < -0.39 is 6.04 Å². The summed E-state index contributed by atoms with van der Waals surface area (Å²) >= 11 is 0. The standard InChI is InChI=1S/C23H23FN4O3/c1-31-23(30)21-13-18(15-27(21)14-16-6-4-7-17(24)12-16)26-22(29)19-8-2-3-9-20(19)28-11-5-10-25-28/h2-12,18,21H,13-15H2,1H3,(H,26,29)/t18-,21-/m0/s1. The predicted molar refractivity (Wildman–Crippen MR) is 112 cm³/mol. The number of hydrogen-bond acceptors (Lipinski definition) is 5. The molecule has 0 saturated carbocycles. The van der Waals surface area contributed by atoms with Crippen LogP contribution in [0.4, 0.5) is 4.39 Å². The monoisotopic (exact) mass is 422 g/mol. The van der Waals surface area contributed by atoms with E-state index in [0.717, 1.165) is 5.56 Å². The quantitative estimate of drug-likeness (QED) is 0.618. The minimum absolute atomic E-state index is 0.243. The van der Waals surface area contributed by atoms with Crippen LogP contribution in [0.5, 0.6) is 0 Å². The molecule has 1 aromatic heterocycles. The van der Waals surface area contributed by atoms with Gasteiger partial charge in [0.2, 0.25) is 0 Å². The number of rotatable bonds is 6. The van der Waals surface area contributed by atoms with Crippen molar-refractivity contribution in [1.82, 2.24) is 20.0 Å². The van der Waals surface area contributed by atoms with Gasteiger partial charge < -0.3 is 10.1 Å². The average molecular weight is 422 g/mol. The van der Waals surface area contributed by atoms with Crippen LogP contribution in [0.2, 0.25) is 0 Å². The van der Waals surface area contributed by atoms with Gasteiger partial charge in [0.1, 0.15) is 11.9 Å². The van der Waals surface area contributed by atoms with Gasteiger partial charge in [0.05, 0.1) is 18.4 Å². The summed E-state index contributed by atoms with van der Waals surface area (Å²) in [5, 5.41) is 7.24. The zero-order valence-electron chi connectivity index (χ0n) is 17.1. The van der Waals surface area contributed by atoms with E-state index in [-0.39, 0.29) is 23.7 Å². The van der Waals surface area contributed by atoms with Crippen LogP contribution in [-0.2, 0) is 16.1 Å². The molecule has 0 unspecified atom stereocenters. The Morgan fingerprint density at radius 1 is 1.19 bits per heavy atom. The summed E-state index contributed by atoms with van der Waals surface area (Å²) in [6.45, 7) is 0.833. The van der Waals surface area contributed by atoms with Crippen molar-refractivity contribution in [2.45, 2.75) is 25.0 Å². The lowest BCUT2D eigenvalue weighted by Crippen LogP contribution is -2.38. The summed E-state index contributed by atoms with van der Waals surface area (Å²) in [6.07, 6.45) is 3.84. The highest BCUT2D eigenvalue weighted by Crippen LogP contribution is 2.23. The van der Waals surface area contributed by atoms with Crippen LogP contribution in [0.25, 0.3) is 5.69 Å². The molecule has 3 aromatic rings. The first-order chi connectivity index (χ1) is 15.0. The van der Waals surface area contributed by atoms with Gasteiger partial charge in [-0.2, -0.15) is 5.10 Å². The van der Waals surface area contributed by atoms with Crippen molar-refractivity contribution < 1.29 is 18.7 Å². The van der Waals surface area contributed by atoms with Gasteiger partial charge in [0, 0.05) is 31.5 Å². The van der Waals surface area contributed by atoms with Crippen molar-refractivity contribution >= 4 is 11.9 Å². The number of carbonyl (C=O) groups is 2. The van der Waals surface area contributed by atoms with Gasteiger partial charge in [-0.15, -0.1) is 0 Å². The third kappa shape index (κ3) is 4.64. The van der Waals surface area contributed by atoms with Crippen LogP contribution in [0.15, 0.2) is 67.0 Å². The zero-order valence-corrected chi connectivity index (χ0v) is 17.1. The van der Waals surface area contributed by atoms with Crippen LogP contribution in [0.3, 0.4) is 0 Å². The lowest BCUT2D eigenvalue weighted by Gasteiger charge is -2.22. The fourth-order valence-electron chi connectivity index (χ4n) is 3.97. The van der Waals surface area contributed by atoms with E-state index >= 15 is 0 Å².